The van der Waals surface area contributed by atoms with Gasteiger partial charge < -0.3 is 10.3 Å². The van der Waals surface area contributed by atoms with Crippen LogP contribution in [0, 0.1) is 0 Å². The quantitative estimate of drug-likeness (QED) is 0.474. The first kappa shape index (κ1) is 18.3. The van der Waals surface area contributed by atoms with Crippen molar-refractivity contribution in [1.29, 1.82) is 0 Å². The maximum atomic E-state index is 12.6. The molecule has 0 aliphatic heterocycles. The summed E-state index contributed by atoms with van der Waals surface area (Å²) < 4.78 is 1.86. The summed E-state index contributed by atoms with van der Waals surface area (Å²) in [5.74, 6) is 0.320. The van der Waals surface area contributed by atoms with Crippen LogP contribution in [0.25, 0.3) is 10.7 Å². The van der Waals surface area contributed by atoms with Gasteiger partial charge in [0.25, 0.3) is 0 Å². The number of nitrogens with zero attached hydrogens (tertiary/aromatic N) is 3. The smallest absolute Gasteiger partial charge is 0.219 e. The lowest BCUT2D eigenvalue weighted by Gasteiger charge is -2.12. The first-order valence-corrected chi connectivity index (χ1v) is 9.83. The van der Waals surface area contributed by atoms with Gasteiger partial charge in [-0.05, 0) is 18.4 Å². The van der Waals surface area contributed by atoms with Crippen LogP contribution in [-0.4, -0.2) is 31.7 Å². The van der Waals surface area contributed by atoms with Crippen molar-refractivity contribution in [2.24, 2.45) is 5.73 Å². The summed E-state index contributed by atoms with van der Waals surface area (Å²) in [6.07, 6.45) is 0.186. The molecule has 0 fully saturated rings. The zero-order chi connectivity index (χ0) is 18.5. The van der Waals surface area contributed by atoms with Crippen LogP contribution in [0.4, 0.5) is 0 Å². The Kier molecular flexibility index (Phi) is 5.85. The molecule has 0 saturated carbocycles. The molecule has 26 heavy (non-hydrogen) atoms. The molecule has 0 aliphatic rings. The van der Waals surface area contributed by atoms with Gasteiger partial charge in [0, 0.05) is 18.5 Å². The highest BCUT2D eigenvalue weighted by Crippen LogP contribution is 2.30. The Hall–Kier alpha value is -2.45. The van der Waals surface area contributed by atoms with Gasteiger partial charge in [0.05, 0.1) is 10.1 Å². The Balaban J connectivity index is 1.84. The molecule has 1 amide bonds. The molecule has 3 rings (SSSR count). The van der Waals surface area contributed by atoms with Gasteiger partial charge in [0.1, 0.15) is 0 Å². The highest BCUT2D eigenvalue weighted by atomic mass is 32.2. The number of benzene rings is 1. The second kappa shape index (κ2) is 8.29. The SMILES string of the molecule is CC(Sc1nnc(-c2cccs2)n1CCC(N)=O)C(=O)c1ccccc1. The van der Waals surface area contributed by atoms with E-state index in [9.17, 15) is 9.59 Å². The van der Waals surface area contributed by atoms with E-state index in [0.29, 0.717) is 23.1 Å². The zero-order valence-corrected chi connectivity index (χ0v) is 15.8. The highest BCUT2D eigenvalue weighted by molar-refractivity contribution is 8.00. The maximum Gasteiger partial charge on any atom is 0.219 e. The average Bonchev–Trinajstić information content (AvgIpc) is 3.29. The van der Waals surface area contributed by atoms with Gasteiger partial charge in [-0.2, -0.15) is 0 Å². The Labute approximate surface area is 159 Å². The number of aromatic nitrogens is 3. The molecule has 134 valence electrons. The van der Waals surface area contributed by atoms with E-state index >= 15 is 0 Å². The Morgan fingerprint density at radius 1 is 1.19 bits per heavy atom. The van der Waals surface area contributed by atoms with Gasteiger partial charge in [-0.15, -0.1) is 21.5 Å². The first-order valence-electron chi connectivity index (χ1n) is 8.07. The molecule has 3 aromatic rings. The third-order valence-corrected chi connectivity index (χ3v) is 5.70. The molecule has 0 aliphatic carbocycles. The molecule has 2 aromatic heterocycles. The van der Waals surface area contributed by atoms with E-state index in [1.807, 2.05) is 47.2 Å². The third-order valence-electron chi connectivity index (χ3n) is 3.75. The van der Waals surface area contributed by atoms with Crippen molar-refractivity contribution >= 4 is 34.8 Å². The fourth-order valence-electron chi connectivity index (χ4n) is 2.44. The van der Waals surface area contributed by atoms with Gasteiger partial charge in [-0.1, -0.05) is 48.2 Å². The Bertz CT molecular complexity index is 891. The number of thioether (sulfide) groups is 1. The summed E-state index contributed by atoms with van der Waals surface area (Å²) in [6, 6.07) is 13.0. The Morgan fingerprint density at radius 2 is 1.96 bits per heavy atom. The van der Waals surface area contributed by atoms with Crippen LogP contribution in [0.1, 0.15) is 23.7 Å². The van der Waals surface area contributed by atoms with Crippen LogP contribution >= 0.6 is 23.1 Å². The molecule has 0 saturated heterocycles. The summed E-state index contributed by atoms with van der Waals surface area (Å²) in [4.78, 5) is 24.8. The van der Waals surface area contributed by atoms with Gasteiger partial charge in [-0.25, -0.2) is 0 Å². The summed E-state index contributed by atoms with van der Waals surface area (Å²) in [5, 5.41) is 10.7. The number of nitrogens with two attached hydrogens (primary N) is 1. The van der Waals surface area contributed by atoms with Crippen molar-refractivity contribution in [1.82, 2.24) is 14.8 Å². The zero-order valence-electron chi connectivity index (χ0n) is 14.2. The number of Topliss-reactive ketones (excluding diaryl/α,β-unsaturated/α-hetero) is 1. The minimum absolute atomic E-state index is 0.0257. The lowest BCUT2D eigenvalue weighted by molar-refractivity contribution is -0.118. The van der Waals surface area contributed by atoms with Crippen LogP contribution in [0.5, 0.6) is 0 Å². The molecule has 2 N–H and O–H groups in total. The lowest BCUT2D eigenvalue weighted by atomic mass is 10.1. The minimum atomic E-state index is -0.389. The molecule has 1 aromatic carbocycles. The molecule has 6 nitrogen and oxygen atoms in total. The monoisotopic (exact) mass is 386 g/mol. The standard InChI is InChI=1S/C18H18N4O2S2/c1-12(16(24)13-6-3-2-4-7-13)26-18-21-20-17(14-8-5-11-25-14)22(18)10-9-15(19)23/h2-8,11-12H,9-10H2,1H3,(H2,19,23). The van der Waals surface area contributed by atoms with Crippen LogP contribution in [-0.2, 0) is 11.3 Å². The number of rotatable bonds is 8. The molecule has 0 spiro atoms. The number of carbonyl (C=O) groups excluding carboxylic acids is 2. The van der Waals surface area contributed by atoms with E-state index < -0.39 is 0 Å². The van der Waals surface area contributed by atoms with Crippen molar-refractivity contribution in [3.8, 4) is 10.7 Å². The first-order chi connectivity index (χ1) is 12.6. The fraction of sp³-hybridized carbons (Fsp3) is 0.222. The van der Waals surface area contributed by atoms with Crippen LogP contribution < -0.4 is 5.73 Å². The van der Waals surface area contributed by atoms with Gasteiger partial charge >= 0.3 is 0 Å². The van der Waals surface area contributed by atoms with E-state index in [1.165, 1.54) is 11.8 Å². The molecule has 2 heterocycles. The summed E-state index contributed by atoms with van der Waals surface area (Å²) in [7, 11) is 0. The van der Waals surface area contributed by atoms with E-state index in [2.05, 4.69) is 10.2 Å². The third kappa shape index (κ3) is 4.20. The van der Waals surface area contributed by atoms with E-state index in [1.54, 1.807) is 23.5 Å². The molecular formula is C18H18N4O2S2. The maximum absolute atomic E-state index is 12.6. The van der Waals surface area contributed by atoms with Crippen molar-refractivity contribution in [2.45, 2.75) is 30.3 Å². The normalized spacial score (nSPS) is 12.0. The van der Waals surface area contributed by atoms with Crippen LogP contribution in [0.3, 0.4) is 0 Å². The highest BCUT2D eigenvalue weighted by Gasteiger charge is 2.22. The predicted molar refractivity (Wildman–Crippen MR) is 103 cm³/mol. The second-order valence-corrected chi connectivity index (χ2v) is 7.90. The fourth-order valence-corrected chi connectivity index (χ4v) is 4.11. The number of amides is 1. The second-order valence-electron chi connectivity index (χ2n) is 5.64. The van der Waals surface area contributed by atoms with Crippen LogP contribution in [0.2, 0.25) is 0 Å². The van der Waals surface area contributed by atoms with Gasteiger partial charge in [-0.3, -0.25) is 9.59 Å². The summed E-state index contributed by atoms with van der Waals surface area (Å²) in [6.45, 7) is 2.22. The molecule has 8 heteroatoms. The predicted octanol–water partition coefficient (Wildman–Crippen LogP) is 3.25. The van der Waals surface area contributed by atoms with E-state index in [0.717, 1.165) is 4.88 Å². The summed E-state index contributed by atoms with van der Waals surface area (Å²) in [5.41, 5.74) is 5.96. The summed E-state index contributed by atoms with van der Waals surface area (Å²) >= 11 is 2.88. The average molecular weight is 387 g/mol. The number of primary amides is 1. The molecule has 0 bridgehead atoms. The minimum Gasteiger partial charge on any atom is -0.370 e. The number of carbonyl (C=O) groups is 2. The largest absolute Gasteiger partial charge is 0.370 e. The van der Waals surface area contributed by atoms with E-state index in [4.69, 9.17) is 5.73 Å². The van der Waals surface area contributed by atoms with Gasteiger partial charge in [0.15, 0.2) is 16.8 Å². The number of thiophene rings is 1. The molecule has 1 atom stereocenters. The van der Waals surface area contributed by atoms with Gasteiger partial charge in [0.2, 0.25) is 5.91 Å². The Morgan fingerprint density at radius 3 is 2.62 bits per heavy atom. The van der Waals surface area contributed by atoms with Crippen molar-refractivity contribution in [3.63, 3.8) is 0 Å². The molecule has 0 radical (unpaired) electrons. The topological polar surface area (TPSA) is 90.9 Å². The number of hydrogen-bond acceptors (Lipinski definition) is 6. The van der Waals surface area contributed by atoms with Crippen LogP contribution in [0.15, 0.2) is 53.0 Å². The van der Waals surface area contributed by atoms with Crippen molar-refractivity contribution in [2.75, 3.05) is 0 Å². The van der Waals surface area contributed by atoms with Crippen molar-refractivity contribution < 1.29 is 9.59 Å². The molecule has 1 unspecified atom stereocenters. The number of hydrogen-bond donors (Lipinski definition) is 1. The van der Waals surface area contributed by atoms with Crippen molar-refractivity contribution in [3.05, 3.63) is 53.4 Å². The van der Waals surface area contributed by atoms with E-state index in [-0.39, 0.29) is 23.4 Å². The molecular weight excluding hydrogens is 368 g/mol. The number of ketones is 1. The lowest BCUT2D eigenvalue weighted by Crippen LogP contribution is -2.17.